The van der Waals surface area contributed by atoms with Crippen LogP contribution in [0.2, 0.25) is 5.02 Å². The second kappa shape index (κ2) is 8.82. The predicted octanol–water partition coefficient (Wildman–Crippen LogP) is 4.23. The molecule has 9 nitrogen and oxygen atoms in total. The third-order valence-corrected chi connectivity index (χ3v) is 7.28. The molecule has 1 aromatic carbocycles. The molecule has 6 rings (SSSR count). The number of nitrogens with zero attached hydrogens (tertiary/aromatic N) is 7. The van der Waals surface area contributed by atoms with Gasteiger partial charge >= 0.3 is 0 Å². The van der Waals surface area contributed by atoms with Crippen LogP contribution in [0.15, 0.2) is 55.4 Å². The smallest absolute Gasteiger partial charge is 0.293 e. The number of pyridine rings is 1. The number of thiazole rings is 1. The molecular weight excluding hydrogens is 489 g/mol. The van der Waals surface area contributed by atoms with E-state index in [1.165, 1.54) is 41.3 Å². The van der Waals surface area contributed by atoms with Crippen LogP contribution in [0.3, 0.4) is 0 Å². The van der Waals surface area contributed by atoms with E-state index in [1.54, 1.807) is 18.5 Å². The summed E-state index contributed by atoms with van der Waals surface area (Å²) in [6.45, 7) is 0. The van der Waals surface area contributed by atoms with Crippen LogP contribution < -0.4 is 10.4 Å². The first-order valence-corrected chi connectivity index (χ1v) is 12.2. The van der Waals surface area contributed by atoms with Crippen molar-refractivity contribution in [3.8, 4) is 27.3 Å². The fourth-order valence-corrected chi connectivity index (χ4v) is 4.97. The molecule has 176 valence electrons. The first-order chi connectivity index (χ1) is 17.1. The van der Waals surface area contributed by atoms with Gasteiger partial charge in [0.05, 0.1) is 33.4 Å². The number of nitrogens with one attached hydrogen (secondary N) is 1. The van der Waals surface area contributed by atoms with Gasteiger partial charge in [-0.3, -0.25) is 9.67 Å². The SMILES string of the molecule is Nc1ncc(-c2cnn([C@H](CC3CC3)c3ccc(-c4c(-[n+]5cnn[nH]5)ccc(Cl)c4F)cn3)c2)s1. The third kappa shape index (κ3) is 4.28. The summed E-state index contributed by atoms with van der Waals surface area (Å²) in [5, 5.41) is 15.4. The average molecular weight is 509 g/mol. The van der Waals surface area contributed by atoms with Crippen LogP contribution in [-0.4, -0.2) is 35.3 Å². The number of aromatic nitrogens is 8. The predicted molar refractivity (Wildman–Crippen MR) is 129 cm³/mol. The minimum atomic E-state index is -0.532. The Hall–Kier alpha value is -3.70. The monoisotopic (exact) mass is 508 g/mol. The van der Waals surface area contributed by atoms with Crippen molar-refractivity contribution >= 4 is 28.1 Å². The van der Waals surface area contributed by atoms with Gasteiger partial charge in [-0.25, -0.2) is 9.37 Å². The van der Waals surface area contributed by atoms with Crippen molar-refractivity contribution in [1.29, 1.82) is 0 Å². The second-order valence-electron chi connectivity index (χ2n) is 8.49. The number of rotatable bonds is 7. The Balaban J connectivity index is 1.36. The lowest BCUT2D eigenvalue weighted by molar-refractivity contribution is -0.659. The van der Waals surface area contributed by atoms with E-state index >= 15 is 4.39 Å². The van der Waals surface area contributed by atoms with E-state index in [1.807, 2.05) is 29.2 Å². The zero-order valence-corrected chi connectivity index (χ0v) is 19.9. The molecule has 0 spiro atoms. The summed E-state index contributed by atoms with van der Waals surface area (Å²) in [5.41, 5.74) is 9.06. The van der Waals surface area contributed by atoms with Crippen LogP contribution >= 0.6 is 22.9 Å². The minimum Gasteiger partial charge on any atom is -0.375 e. The van der Waals surface area contributed by atoms with Gasteiger partial charge in [-0.05, 0) is 30.5 Å². The van der Waals surface area contributed by atoms with Crippen molar-refractivity contribution in [1.82, 2.24) is 35.3 Å². The largest absolute Gasteiger partial charge is 0.375 e. The molecule has 0 radical (unpaired) electrons. The first kappa shape index (κ1) is 21.8. The Morgan fingerprint density at radius 2 is 2.06 bits per heavy atom. The quantitative estimate of drug-likeness (QED) is 0.318. The van der Waals surface area contributed by atoms with Gasteiger partial charge in [-0.2, -0.15) is 5.10 Å². The number of halogens is 2. The van der Waals surface area contributed by atoms with E-state index in [9.17, 15) is 0 Å². The van der Waals surface area contributed by atoms with Crippen molar-refractivity contribution in [3.63, 3.8) is 0 Å². The van der Waals surface area contributed by atoms with Crippen LogP contribution in [0.1, 0.15) is 31.0 Å². The zero-order valence-electron chi connectivity index (χ0n) is 18.3. The van der Waals surface area contributed by atoms with Gasteiger partial charge < -0.3 is 5.73 Å². The number of nitrogens with two attached hydrogens (primary N) is 1. The van der Waals surface area contributed by atoms with Gasteiger partial charge in [0.2, 0.25) is 0 Å². The average Bonchev–Trinajstić information content (AvgIpc) is 3.26. The maximum Gasteiger partial charge on any atom is 0.293 e. The number of hydrogen-bond donors (Lipinski definition) is 2. The lowest BCUT2D eigenvalue weighted by atomic mass is 10.0. The van der Waals surface area contributed by atoms with E-state index in [4.69, 9.17) is 22.3 Å². The Morgan fingerprint density at radius 3 is 2.74 bits per heavy atom. The van der Waals surface area contributed by atoms with Gasteiger partial charge in [0.25, 0.3) is 6.33 Å². The number of H-pyrrole nitrogens is 1. The molecule has 1 saturated carbocycles. The van der Waals surface area contributed by atoms with E-state index in [-0.39, 0.29) is 11.1 Å². The van der Waals surface area contributed by atoms with Crippen molar-refractivity contribution in [2.45, 2.75) is 25.3 Å². The van der Waals surface area contributed by atoms with Crippen molar-refractivity contribution < 1.29 is 9.07 Å². The summed E-state index contributed by atoms with van der Waals surface area (Å²) in [7, 11) is 0. The first-order valence-electron chi connectivity index (χ1n) is 11.0. The van der Waals surface area contributed by atoms with E-state index < -0.39 is 5.82 Å². The highest BCUT2D eigenvalue weighted by atomic mass is 35.5. The van der Waals surface area contributed by atoms with E-state index in [2.05, 4.69) is 25.6 Å². The fourth-order valence-electron chi connectivity index (χ4n) is 4.15. The Bertz CT molecular complexity index is 1480. The molecule has 1 fully saturated rings. The molecule has 1 aliphatic carbocycles. The second-order valence-corrected chi connectivity index (χ2v) is 9.96. The van der Waals surface area contributed by atoms with Gasteiger partial charge in [-0.1, -0.05) is 47.1 Å². The maximum absolute atomic E-state index is 15.2. The number of nitrogen functional groups attached to an aromatic ring is 1. The lowest BCUT2D eigenvalue weighted by Crippen LogP contribution is -2.33. The summed E-state index contributed by atoms with van der Waals surface area (Å²) < 4.78 is 18.6. The number of hydrogen-bond acceptors (Lipinski definition) is 7. The molecule has 1 aliphatic rings. The Labute approximate surface area is 208 Å². The third-order valence-electron chi connectivity index (χ3n) is 6.11. The van der Waals surface area contributed by atoms with Gasteiger partial charge in [0.1, 0.15) is 10.8 Å². The Morgan fingerprint density at radius 1 is 1.17 bits per heavy atom. The van der Waals surface area contributed by atoms with Crippen molar-refractivity contribution in [3.05, 3.63) is 71.9 Å². The van der Waals surface area contributed by atoms with E-state index in [0.29, 0.717) is 27.9 Å². The lowest BCUT2D eigenvalue weighted by Gasteiger charge is -2.18. The summed E-state index contributed by atoms with van der Waals surface area (Å²) in [6.07, 6.45) is 12.1. The normalized spacial score (nSPS) is 14.3. The summed E-state index contributed by atoms with van der Waals surface area (Å²) in [6, 6.07) is 6.96. The molecule has 0 saturated heterocycles. The molecule has 3 N–H and O–H groups in total. The molecule has 0 unspecified atom stereocenters. The zero-order chi connectivity index (χ0) is 23.9. The van der Waals surface area contributed by atoms with Crippen molar-refractivity contribution in [2.75, 3.05) is 5.73 Å². The Kier molecular flexibility index (Phi) is 5.50. The van der Waals surface area contributed by atoms with Crippen LogP contribution in [0, 0.1) is 11.7 Å². The molecule has 4 heterocycles. The van der Waals surface area contributed by atoms with E-state index in [0.717, 1.165) is 22.6 Å². The molecule has 1 atom stereocenters. The highest BCUT2D eigenvalue weighted by molar-refractivity contribution is 7.18. The van der Waals surface area contributed by atoms with Crippen LogP contribution in [0.25, 0.3) is 27.3 Å². The molecule has 0 aliphatic heterocycles. The summed E-state index contributed by atoms with van der Waals surface area (Å²) in [5.74, 6) is 0.116. The van der Waals surface area contributed by atoms with Gasteiger partial charge in [-0.15, -0.1) is 4.68 Å². The summed E-state index contributed by atoms with van der Waals surface area (Å²) in [4.78, 5) is 9.85. The molecule has 5 aromatic rings. The number of anilines is 1. The molecule has 35 heavy (non-hydrogen) atoms. The molecule has 12 heteroatoms. The van der Waals surface area contributed by atoms with Crippen LogP contribution in [0.5, 0.6) is 0 Å². The number of benzene rings is 1. The maximum atomic E-state index is 15.2. The van der Waals surface area contributed by atoms with Gasteiger partial charge in [0.15, 0.2) is 16.2 Å². The highest BCUT2D eigenvalue weighted by Gasteiger charge is 2.29. The van der Waals surface area contributed by atoms with Crippen molar-refractivity contribution in [2.24, 2.45) is 5.92 Å². The molecule has 0 bridgehead atoms. The summed E-state index contributed by atoms with van der Waals surface area (Å²) >= 11 is 7.54. The molecule has 4 aromatic heterocycles. The number of tetrazole rings is 1. The molecule has 0 amide bonds. The fraction of sp³-hybridized carbons (Fsp3) is 0.217. The van der Waals surface area contributed by atoms with Gasteiger partial charge in [0, 0.05) is 29.7 Å². The highest BCUT2D eigenvalue weighted by Crippen LogP contribution is 2.40. The van der Waals surface area contributed by atoms with Crippen LogP contribution in [-0.2, 0) is 0 Å². The molecular formula is C23H20ClFN9S+. The van der Waals surface area contributed by atoms with Crippen LogP contribution in [0.4, 0.5) is 9.52 Å². The topological polar surface area (TPSA) is 115 Å². The standard InChI is InChI=1S/C23H19ClFN9S/c24-16-4-6-18(34-12-29-31-32-34)21(22(16)25)14-3-5-17(27-8-14)19(7-13-1-2-13)33-11-15(9-30-33)20-10-28-23(26)35-20/h3-6,8-13,19H,1-2,7H2,(H2,26,28)/p+1/t19-/m1/s1. The minimum absolute atomic E-state index is 0.0280. The number of aromatic amines is 1.